The van der Waals surface area contributed by atoms with Crippen molar-refractivity contribution in [2.45, 2.75) is 25.7 Å². The van der Waals surface area contributed by atoms with Crippen LogP contribution in [0, 0.1) is 11.8 Å². The zero-order valence-corrected chi connectivity index (χ0v) is 13.9. The monoisotopic (exact) mass is 385 g/mol. The van der Waals surface area contributed by atoms with Crippen LogP contribution in [-0.4, -0.2) is 23.9 Å². The smallest absolute Gasteiger partial charge is 0.255 e. The van der Waals surface area contributed by atoms with Crippen LogP contribution in [-0.2, 0) is 0 Å². The average Bonchev–Trinajstić information content (AvgIpc) is 3.25. The maximum Gasteiger partial charge on any atom is 0.255 e. The Hall–Kier alpha value is -0.350. The highest BCUT2D eigenvalue weighted by atomic mass is 79.9. The van der Waals surface area contributed by atoms with Gasteiger partial charge < -0.3 is 4.90 Å². The summed E-state index contributed by atoms with van der Waals surface area (Å²) in [5.74, 6) is 1.66. The normalized spacial score (nSPS) is 18.4. The van der Waals surface area contributed by atoms with E-state index in [2.05, 4.69) is 36.8 Å². The molecule has 2 fully saturated rings. The Morgan fingerprint density at radius 2 is 1.68 bits per heavy atom. The number of halogens is 2. The van der Waals surface area contributed by atoms with Crippen LogP contribution in [0.15, 0.2) is 27.1 Å². The molecule has 0 bridgehead atoms. The summed E-state index contributed by atoms with van der Waals surface area (Å²) in [5.41, 5.74) is 0.774. The van der Waals surface area contributed by atoms with E-state index in [1.54, 1.807) is 0 Å². The zero-order valence-electron chi connectivity index (χ0n) is 10.7. The van der Waals surface area contributed by atoms with Gasteiger partial charge in [0, 0.05) is 22.0 Å². The van der Waals surface area contributed by atoms with Crippen molar-refractivity contribution in [3.63, 3.8) is 0 Å². The van der Waals surface area contributed by atoms with Gasteiger partial charge in [0.1, 0.15) is 0 Å². The topological polar surface area (TPSA) is 20.3 Å². The molecule has 0 heterocycles. The molecule has 0 N–H and O–H groups in total. The third kappa shape index (κ3) is 3.60. The molecule has 2 nitrogen and oxygen atoms in total. The maximum absolute atomic E-state index is 12.7. The molecule has 1 aromatic rings. The molecule has 2 saturated carbocycles. The number of amides is 1. The summed E-state index contributed by atoms with van der Waals surface area (Å²) in [6.45, 7) is 1.88. The highest BCUT2D eigenvalue weighted by Crippen LogP contribution is 2.35. The Labute approximate surface area is 130 Å². The molecule has 1 aromatic carbocycles. The van der Waals surface area contributed by atoms with Gasteiger partial charge in [0.25, 0.3) is 5.91 Å². The van der Waals surface area contributed by atoms with Gasteiger partial charge >= 0.3 is 0 Å². The van der Waals surface area contributed by atoms with Crippen molar-refractivity contribution in [1.29, 1.82) is 0 Å². The second-order valence-corrected chi connectivity index (χ2v) is 7.49. The molecule has 2 aliphatic rings. The Kier molecular flexibility index (Phi) is 3.99. The van der Waals surface area contributed by atoms with E-state index >= 15 is 0 Å². The standard InChI is InChI=1S/C15H17Br2NO/c16-12-5-6-14(17)13(7-12)15(19)18(8-10-1-2-10)9-11-3-4-11/h5-7,10-11H,1-4,8-9H2. The fourth-order valence-corrected chi connectivity index (χ4v) is 3.07. The van der Waals surface area contributed by atoms with Crippen molar-refractivity contribution in [3.05, 3.63) is 32.7 Å². The third-order valence-electron chi connectivity index (χ3n) is 3.80. The minimum atomic E-state index is 0.173. The molecule has 0 spiro atoms. The number of benzene rings is 1. The van der Waals surface area contributed by atoms with Crippen molar-refractivity contribution in [2.75, 3.05) is 13.1 Å². The first kappa shape index (κ1) is 13.6. The number of carbonyl (C=O) groups excluding carboxylic acids is 1. The number of hydrogen-bond acceptors (Lipinski definition) is 1. The highest BCUT2D eigenvalue weighted by Gasteiger charge is 2.32. The quantitative estimate of drug-likeness (QED) is 0.730. The summed E-state index contributed by atoms with van der Waals surface area (Å²) in [4.78, 5) is 14.8. The van der Waals surface area contributed by atoms with Crippen molar-refractivity contribution in [3.8, 4) is 0 Å². The summed E-state index contributed by atoms with van der Waals surface area (Å²) in [6.07, 6.45) is 5.14. The van der Waals surface area contributed by atoms with Crippen LogP contribution in [0.4, 0.5) is 0 Å². The summed E-state index contributed by atoms with van der Waals surface area (Å²) in [6, 6.07) is 5.80. The van der Waals surface area contributed by atoms with Crippen LogP contribution >= 0.6 is 31.9 Å². The molecule has 0 aliphatic heterocycles. The largest absolute Gasteiger partial charge is 0.338 e. The second-order valence-electron chi connectivity index (χ2n) is 5.72. The Balaban J connectivity index is 1.78. The van der Waals surface area contributed by atoms with Crippen molar-refractivity contribution in [1.82, 2.24) is 4.90 Å². The predicted octanol–water partition coefficient (Wildman–Crippen LogP) is 4.47. The summed E-state index contributed by atoms with van der Waals surface area (Å²) in [7, 11) is 0. The molecule has 4 heteroatoms. The highest BCUT2D eigenvalue weighted by molar-refractivity contribution is 9.11. The van der Waals surface area contributed by atoms with Crippen LogP contribution in [0.3, 0.4) is 0 Å². The molecule has 102 valence electrons. The first-order chi connectivity index (χ1) is 9.13. The Morgan fingerprint density at radius 3 is 2.21 bits per heavy atom. The molecule has 0 aromatic heterocycles. The molecule has 0 unspecified atom stereocenters. The van der Waals surface area contributed by atoms with Crippen molar-refractivity contribution >= 4 is 37.8 Å². The maximum atomic E-state index is 12.7. The van der Waals surface area contributed by atoms with E-state index in [1.165, 1.54) is 25.7 Å². The van der Waals surface area contributed by atoms with Gasteiger partial charge in [-0.2, -0.15) is 0 Å². The number of rotatable bonds is 5. The van der Waals surface area contributed by atoms with Crippen LogP contribution in [0.1, 0.15) is 36.0 Å². The van der Waals surface area contributed by atoms with Gasteiger partial charge in [-0.3, -0.25) is 4.79 Å². The van der Waals surface area contributed by atoms with E-state index in [9.17, 15) is 4.79 Å². The first-order valence-corrected chi connectivity index (χ1v) is 8.46. The van der Waals surface area contributed by atoms with Gasteiger partial charge in [-0.1, -0.05) is 15.9 Å². The van der Waals surface area contributed by atoms with Gasteiger partial charge in [0.15, 0.2) is 0 Å². The lowest BCUT2D eigenvalue weighted by atomic mass is 10.2. The van der Waals surface area contributed by atoms with Gasteiger partial charge in [0.05, 0.1) is 5.56 Å². The summed E-state index contributed by atoms with van der Waals surface area (Å²) < 4.78 is 1.84. The summed E-state index contributed by atoms with van der Waals surface area (Å²) >= 11 is 6.94. The van der Waals surface area contributed by atoms with Gasteiger partial charge in [-0.15, -0.1) is 0 Å². The van der Waals surface area contributed by atoms with E-state index in [4.69, 9.17) is 0 Å². The molecule has 3 rings (SSSR count). The average molecular weight is 387 g/mol. The second kappa shape index (κ2) is 5.57. The number of carbonyl (C=O) groups is 1. The minimum absolute atomic E-state index is 0.173. The lowest BCUT2D eigenvalue weighted by Crippen LogP contribution is -2.35. The number of nitrogens with zero attached hydrogens (tertiary/aromatic N) is 1. The van der Waals surface area contributed by atoms with E-state index in [0.717, 1.165) is 39.4 Å². The van der Waals surface area contributed by atoms with Crippen molar-refractivity contribution < 1.29 is 4.79 Å². The van der Waals surface area contributed by atoms with Crippen LogP contribution in [0.25, 0.3) is 0 Å². The van der Waals surface area contributed by atoms with E-state index < -0.39 is 0 Å². The fraction of sp³-hybridized carbons (Fsp3) is 0.533. The first-order valence-electron chi connectivity index (χ1n) is 6.88. The van der Waals surface area contributed by atoms with Crippen LogP contribution < -0.4 is 0 Å². The summed E-state index contributed by atoms with van der Waals surface area (Å²) in [5, 5.41) is 0. The van der Waals surface area contributed by atoms with Crippen molar-refractivity contribution in [2.24, 2.45) is 11.8 Å². The molecule has 1 amide bonds. The van der Waals surface area contributed by atoms with Gasteiger partial charge in [0.2, 0.25) is 0 Å². The molecule has 0 saturated heterocycles. The Morgan fingerprint density at radius 1 is 1.11 bits per heavy atom. The molecular weight excluding hydrogens is 370 g/mol. The molecule has 0 atom stereocenters. The minimum Gasteiger partial charge on any atom is -0.338 e. The third-order valence-corrected chi connectivity index (χ3v) is 4.98. The van der Waals surface area contributed by atoms with Crippen LogP contribution in [0.5, 0.6) is 0 Å². The van der Waals surface area contributed by atoms with Gasteiger partial charge in [-0.25, -0.2) is 0 Å². The van der Waals surface area contributed by atoms with E-state index in [-0.39, 0.29) is 5.91 Å². The molecule has 2 aliphatic carbocycles. The molecule has 19 heavy (non-hydrogen) atoms. The lowest BCUT2D eigenvalue weighted by Gasteiger charge is -2.23. The Bertz CT molecular complexity index is 481. The number of hydrogen-bond donors (Lipinski definition) is 0. The predicted molar refractivity (Wildman–Crippen MR) is 83.2 cm³/mol. The SMILES string of the molecule is O=C(c1cc(Br)ccc1Br)N(CC1CC1)CC1CC1. The molecular formula is C15H17Br2NO. The fourth-order valence-electron chi connectivity index (χ4n) is 2.30. The molecule has 0 radical (unpaired) electrons. The lowest BCUT2D eigenvalue weighted by molar-refractivity contribution is 0.0738. The van der Waals surface area contributed by atoms with Crippen LogP contribution in [0.2, 0.25) is 0 Å². The van der Waals surface area contributed by atoms with E-state index in [1.807, 2.05) is 18.2 Å². The van der Waals surface area contributed by atoms with E-state index in [0.29, 0.717) is 0 Å². The van der Waals surface area contributed by atoms with Gasteiger partial charge in [-0.05, 0) is 71.6 Å². The zero-order chi connectivity index (χ0) is 13.4.